The first-order valence-electron chi connectivity index (χ1n) is 14.1. The molecule has 40 heavy (non-hydrogen) atoms. The molecule has 8 nitrogen and oxygen atoms in total. The van der Waals surface area contributed by atoms with Gasteiger partial charge in [-0.1, -0.05) is 26.8 Å². The normalized spacial score (nSPS) is 19.3. The molecule has 0 saturated heterocycles. The van der Waals surface area contributed by atoms with E-state index in [-0.39, 0.29) is 35.3 Å². The number of imidazole rings is 1. The Kier molecular flexibility index (Phi) is 7.97. The van der Waals surface area contributed by atoms with Crippen LogP contribution in [-0.2, 0) is 17.6 Å². The van der Waals surface area contributed by atoms with Crippen molar-refractivity contribution in [2.24, 2.45) is 5.41 Å². The number of pyridine rings is 1. The number of carbonyl (C=O) groups excluding carboxylic acids is 1. The van der Waals surface area contributed by atoms with E-state index in [2.05, 4.69) is 47.4 Å². The average molecular weight is 550 g/mol. The van der Waals surface area contributed by atoms with E-state index in [0.29, 0.717) is 23.7 Å². The number of rotatable bonds is 9. The number of halogens is 1. The van der Waals surface area contributed by atoms with Gasteiger partial charge in [-0.25, -0.2) is 14.4 Å². The van der Waals surface area contributed by atoms with Crippen LogP contribution in [-0.4, -0.2) is 50.3 Å². The molecule has 2 aliphatic rings. The molecule has 3 aromatic rings. The molecule has 1 aromatic carbocycles. The van der Waals surface area contributed by atoms with Gasteiger partial charge >= 0.3 is 0 Å². The molecule has 1 saturated carbocycles. The highest BCUT2D eigenvalue weighted by molar-refractivity contribution is 5.73. The summed E-state index contributed by atoms with van der Waals surface area (Å²) in [5.41, 5.74) is 3.23. The minimum Gasteiger partial charge on any atom is -0.471 e. The summed E-state index contributed by atoms with van der Waals surface area (Å²) in [6.45, 7) is 8.32. The monoisotopic (exact) mass is 549 g/mol. The first-order chi connectivity index (χ1) is 19.0. The van der Waals surface area contributed by atoms with E-state index in [9.17, 15) is 14.3 Å². The molecule has 9 heteroatoms. The van der Waals surface area contributed by atoms with Crippen molar-refractivity contribution in [2.75, 3.05) is 6.54 Å². The van der Waals surface area contributed by atoms with Crippen molar-refractivity contribution < 1.29 is 19.0 Å². The lowest BCUT2D eigenvalue weighted by Gasteiger charge is -2.47. The number of aromatic amines is 1. The second-order valence-corrected chi connectivity index (χ2v) is 12.6. The second kappa shape index (κ2) is 11.3. The lowest BCUT2D eigenvalue weighted by Crippen LogP contribution is -2.52. The molecule has 5 rings (SSSR count). The van der Waals surface area contributed by atoms with Crippen molar-refractivity contribution in [1.29, 1.82) is 0 Å². The van der Waals surface area contributed by atoms with E-state index in [1.165, 1.54) is 13.0 Å². The van der Waals surface area contributed by atoms with Crippen molar-refractivity contribution in [1.82, 2.24) is 25.6 Å². The van der Waals surface area contributed by atoms with E-state index in [1.54, 1.807) is 24.5 Å². The van der Waals surface area contributed by atoms with Crippen LogP contribution in [0.2, 0.25) is 0 Å². The second-order valence-electron chi connectivity index (χ2n) is 12.6. The number of benzene rings is 1. The number of fused-ring (bicyclic) bond motifs is 1. The molecule has 1 amide bonds. The van der Waals surface area contributed by atoms with Gasteiger partial charge in [0.05, 0.1) is 17.7 Å². The molecule has 0 radical (unpaired) electrons. The molecule has 1 aliphatic carbocycles. The third-order valence-electron chi connectivity index (χ3n) is 7.87. The Bertz CT molecular complexity index is 1330. The summed E-state index contributed by atoms with van der Waals surface area (Å²) in [4.78, 5) is 23.9. The van der Waals surface area contributed by atoms with Gasteiger partial charge in [0.15, 0.2) is 0 Å². The molecule has 0 bridgehead atoms. The van der Waals surface area contributed by atoms with Gasteiger partial charge in [-0.05, 0) is 66.8 Å². The topological polar surface area (TPSA) is 112 Å². The summed E-state index contributed by atoms with van der Waals surface area (Å²) < 4.78 is 20.9. The Morgan fingerprint density at radius 2 is 2.05 bits per heavy atom. The highest BCUT2D eigenvalue weighted by Crippen LogP contribution is 2.48. The summed E-state index contributed by atoms with van der Waals surface area (Å²) in [6, 6.07) is 6.36. The minimum atomic E-state index is -0.879. The lowest BCUT2D eigenvalue weighted by molar-refractivity contribution is -0.120. The number of nitrogens with one attached hydrogen (secondary N) is 3. The summed E-state index contributed by atoms with van der Waals surface area (Å²) in [6.07, 6.45) is 9.42. The molecule has 3 atom stereocenters. The fraction of sp³-hybridized carbons (Fsp3) is 0.516. The lowest BCUT2D eigenvalue weighted by atomic mass is 9.73. The summed E-state index contributed by atoms with van der Waals surface area (Å²) in [5, 5.41) is 17.8. The van der Waals surface area contributed by atoms with Gasteiger partial charge in [0.2, 0.25) is 11.8 Å². The highest BCUT2D eigenvalue weighted by Gasteiger charge is 2.46. The maximum absolute atomic E-state index is 14.5. The van der Waals surface area contributed by atoms with Gasteiger partial charge in [-0.15, -0.1) is 0 Å². The number of carbonyl (C=O) groups is 1. The zero-order valence-corrected chi connectivity index (χ0v) is 23.8. The summed E-state index contributed by atoms with van der Waals surface area (Å²) in [5.74, 6) is 0.476. The molecule has 214 valence electrons. The quantitative estimate of drug-likeness (QED) is 0.309. The number of nitrogens with zero attached hydrogens (tertiary/aromatic N) is 2. The third-order valence-corrected chi connectivity index (χ3v) is 7.87. The van der Waals surface area contributed by atoms with Crippen molar-refractivity contribution in [2.45, 2.75) is 90.0 Å². The van der Waals surface area contributed by atoms with Crippen LogP contribution in [0.25, 0.3) is 11.4 Å². The van der Waals surface area contributed by atoms with Gasteiger partial charge < -0.3 is 25.5 Å². The Morgan fingerprint density at radius 1 is 1.25 bits per heavy atom. The Labute approximate surface area is 235 Å². The molecule has 1 aliphatic heterocycles. The molecule has 0 unspecified atom stereocenters. The average Bonchev–Trinajstić information content (AvgIpc) is 3.40. The maximum atomic E-state index is 14.5. The van der Waals surface area contributed by atoms with Gasteiger partial charge in [0.25, 0.3) is 0 Å². The smallest absolute Gasteiger partial charge is 0.218 e. The van der Waals surface area contributed by atoms with Crippen LogP contribution < -0.4 is 15.4 Å². The van der Waals surface area contributed by atoms with Gasteiger partial charge in [-0.3, -0.25) is 4.79 Å². The Balaban J connectivity index is 1.33. The van der Waals surface area contributed by atoms with E-state index < -0.39 is 12.1 Å². The van der Waals surface area contributed by atoms with Crippen LogP contribution >= 0.6 is 0 Å². The van der Waals surface area contributed by atoms with Crippen molar-refractivity contribution in [3.8, 4) is 17.3 Å². The van der Waals surface area contributed by atoms with E-state index in [1.807, 2.05) is 6.20 Å². The number of ether oxygens (including phenoxy) is 1. The van der Waals surface area contributed by atoms with Crippen LogP contribution in [0.5, 0.6) is 5.88 Å². The van der Waals surface area contributed by atoms with E-state index >= 15 is 0 Å². The molecular weight excluding hydrogens is 509 g/mol. The number of amides is 1. The number of aromatic nitrogens is 3. The van der Waals surface area contributed by atoms with Gasteiger partial charge in [-0.2, -0.15) is 0 Å². The van der Waals surface area contributed by atoms with Crippen molar-refractivity contribution >= 4 is 5.91 Å². The number of H-pyrrole nitrogens is 1. The van der Waals surface area contributed by atoms with Gasteiger partial charge in [0.1, 0.15) is 17.2 Å². The number of aliphatic hydroxyl groups is 1. The molecule has 3 heterocycles. The summed E-state index contributed by atoms with van der Waals surface area (Å²) >= 11 is 0. The zero-order valence-electron chi connectivity index (χ0n) is 23.8. The number of hydrogen-bond donors (Lipinski definition) is 4. The van der Waals surface area contributed by atoms with Crippen LogP contribution in [0, 0.1) is 11.2 Å². The maximum Gasteiger partial charge on any atom is 0.218 e. The van der Waals surface area contributed by atoms with Crippen LogP contribution in [0.3, 0.4) is 0 Å². The summed E-state index contributed by atoms with van der Waals surface area (Å²) in [7, 11) is 0. The number of hydrogen-bond acceptors (Lipinski definition) is 6. The SMILES string of the molecule is CC(=O)N[C@@H](Cc1ccc(F)c(-c2ncc[nH]2)c1)[C@H](O)CN[C@H]1CC2(CCC2)Oc2ncc(CC(C)(C)C)cc21. The van der Waals surface area contributed by atoms with Gasteiger partial charge in [0, 0.05) is 50.1 Å². The van der Waals surface area contributed by atoms with Crippen LogP contribution in [0.15, 0.2) is 42.9 Å². The highest BCUT2D eigenvalue weighted by atomic mass is 19.1. The standard InChI is InChI=1S/C31H40FN5O3/c1-19(38)37-25(14-20-6-7-24(32)22(12-20)28-33-10-11-34-28)27(39)18-35-26-16-31(8-5-9-31)40-29-23(26)13-21(17-36-29)15-30(2,3)4/h6-7,10-13,17,25-27,35,39H,5,8-9,14-16,18H2,1-4H3,(H,33,34)(H,37,38)/t25-,26-,27+/m0/s1. The fourth-order valence-electron chi connectivity index (χ4n) is 5.84. The Morgan fingerprint density at radius 3 is 2.70 bits per heavy atom. The molecular formula is C31H40FN5O3. The van der Waals surface area contributed by atoms with Crippen molar-refractivity contribution in [3.63, 3.8) is 0 Å². The zero-order chi connectivity index (χ0) is 28.5. The number of aliphatic hydroxyl groups excluding tert-OH is 1. The molecule has 1 fully saturated rings. The van der Waals surface area contributed by atoms with Crippen molar-refractivity contribution in [3.05, 3.63) is 65.4 Å². The Hall–Kier alpha value is -3.30. The fourth-order valence-corrected chi connectivity index (χ4v) is 5.84. The molecule has 4 N–H and O–H groups in total. The first-order valence-corrected chi connectivity index (χ1v) is 14.1. The molecule has 2 aromatic heterocycles. The minimum absolute atomic E-state index is 0.0273. The third kappa shape index (κ3) is 6.53. The first kappa shape index (κ1) is 28.2. The largest absolute Gasteiger partial charge is 0.471 e. The van der Waals surface area contributed by atoms with E-state index in [0.717, 1.165) is 48.8 Å². The van der Waals surface area contributed by atoms with E-state index in [4.69, 9.17) is 9.72 Å². The molecule has 1 spiro atoms. The van der Waals surface area contributed by atoms with Crippen LogP contribution in [0.4, 0.5) is 4.39 Å². The predicted molar refractivity (Wildman–Crippen MR) is 151 cm³/mol. The predicted octanol–water partition coefficient (Wildman–Crippen LogP) is 4.64. The van der Waals surface area contributed by atoms with Crippen LogP contribution in [0.1, 0.15) is 76.1 Å².